The van der Waals surface area contributed by atoms with Crippen molar-refractivity contribution in [3.8, 4) is 0 Å². The van der Waals surface area contributed by atoms with E-state index >= 15 is 0 Å². The van der Waals surface area contributed by atoms with Crippen molar-refractivity contribution in [2.45, 2.75) is 20.3 Å². The van der Waals surface area contributed by atoms with Crippen molar-refractivity contribution >= 4 is 5.97 Å². The molecule has 2 nitrogen and oxygen atoms in total. The van der Waals surface area contributed by atoms with Gasteiger partial charge >= 0.3 is 5.97 Å². The van der Waals surface area contributed by atoms with Crippen LogP contribution in [0, 0.1) is 10.8 Å². The van der Waals surface area contributed by atoms with Gasteiger partial charge in [-0.3, -0.25) is 4.79 Å². The lowest BCUT2D eigenvalue weighted by molar-refractivity contribution is -0.142. The van der Waals surface area contributed by atoms with Gasteiger partial charge in [-0.25, -0.2) is 4.39 Å². The Labute approximate surface area is 64.7 Å². The Morgan fingerprint density at radius 2 is 2.09 bits per heavy atom. The van der Waals surface area contributed by atoms with Crippen LogP contribution in [0.25, 0.3) is 0 Å². The number of carboxylic acid groups (broad SMARTS) is 1. The molecule has 1 aliphatic carbocycles. The molecule has 0 spiro atoms. The first-order valence-corrected chi connectivity index (χ1v) is 3.48. The zero-order valence-corrected chi connectivity index (χ0v) is 6.60. The molecule has 1 aliphatic rings. The zero-order valence-electron chi connectivity index (χ0n) is 6.60. The molecule has 0 radical (unpaired) electrons. The first-order chi connectivity index (χ1) is 4.96. The second kappa shape index (κ2) is 2.06. The minimum Gasteiger partial charge on any atom is -0.481 e. The van der Waals surface area contributed by atoms with Gasteiger partial charge in [-0.1, -0.05) is 13.8 Å². The highest BCUT2D eigenvalue weighted by Gasteiger charge is 2.65. The summed E-state index contributed by atoms with van der Waals surface area (Å²) in [4.78, 5) is 10.7. The van der Waals surface area contributed by atoms with Crippen LogP contribution in [0.2, 0.25) is 0 Å². The second-order valence-electron chi connectivity index (χ2n) is 3.63. The van der Waals surface area contributed by atoms with E-state index < -0.39 is 11.4 Å². The molecule has 0 bridgehead atoms. The Morgan fingerprint density at radius 1 is 1.64 bits per heavy atom. The predicted octanol–water partition coefficient (Wildman–Crippen LogP) is 1.97. The first-order valence-electron chi connectivity index (χ1n) is 3.48. The van der Waals surface area contributed by atoms with Crippen LogP contribution in [-0.2, 0) is 4.79 Å². The molecule has 0 aromatic carbocycles. The number of carbonyl (C=O) groups is 1. The summed E-state index contributed by atoms with van der Waals surface area (Å²) >= 11 is 0. The maximum absolute atomic E-state index is 11.8. The Kier molecular flexibility index (Phi) is 1.54. The summed E-state index contributed by atoms with van der Waals surface area (Å²) in [6.45, 7) is 3.64. The van der Waals surface area contributed by atoms with E-state index in [-0.39, 0.29) is 5.41 Å². The van der Waals surface area contributed by atoms with Crippen LogP contribution in [0.15, 0.2) is 12.4 Å². The molecule has 1 saturated carbocycles. The molecule has 1 atom stereocenters. The van der Waals surface area contributed by atoms with Crippen LogP contribution < -0.4 is 0 Å². The summed E-state index contributed by atoms with van der Waals surface area (Å²) in [5, 5.41) is 8.75. The topological polar surface area (TPSA) is 37.3 Å². The number of halogens is 1. The van der Waals surface area contributed by atoms with Crippen molar-refractivity contribution < 1.29 is 14.3 Å². The largest absolute Gasteiger partial charge is 0.481 e. The smallest absolute Gasteiger partial charge is 0.314 e. The van der Waals surface area contributed by atoms with E-state index in [0.29, 0.717) is 12.8 Å². The monoisotopic (exact) mass is 158 g/mol. The van der Waals surface area contributed by atoms with E-state index in [2.05, 4.69) is 0 Å². The third-order valence-corrected chi connectivity index (χ3v) is 2.53. The van der Waals surface area contributed by atoms with Gasteiger partial charge in [0, 0.05) is 0 Å². The Balaban J connectivity index is 2.88. The normalized spacial score (nSPS) is 34.1. The molecule has 0 aromatic rings. The minimum atomic E-state index is -0.943. The zero-order chi connectivity index (χ0) is 8.70. The van der Waals surface area contributed by atoms with Crippen LogP contribution >= 0.6 is 0 Å². The molecule has 62 valence electrons. The quantitative estimate of drug-likeness (QED) is 0.667. The maximum atomic E-state index is 11.8. The van der Waals surface area contributed by atoms with Crippen molar-refractivity contribution in [1.82, 2.24) is 0 Å². The van der Waals surface area contributed by atoms with Crippen molar-refractivity contribution in [2.24, 2.45) is 10.8 Å². The number of aliphatic carboxylic acids is 1. The van der Waals surface area contributed by atoms with Crippen molar-refractivity contribution in [1.29, 1.82) is 0 Å². The third-order valence-electron chi connectivity index (χ3n) is 2.53. The molecule has 0 amide bonds. The molecule has 1 unspecified atom stereocenters. The fourth-order valence-electron chi connectivity index (χ4n) is 1.48. The summed E-state index contributed by atoms with van der Waals surface area (Å²) < 4.78 is 11.8. The van der Waals surface area contributed by atoms with E-state index in [1.54, 1.807) is 0 Å². The maximum Gasteiger partial charge on any atom is 0.314 e. The van der Waals surface area contributed by atoms with Gasteiger partial charge in [0.15, 0.2) is 0 Å². The molecule has 3 heteroatoms. The van der Waals surface area contributed by atoms with E-state index in [9.17, 15) is 9.18 Å². The van der Waals surface area contributed by atoms with E-state index in [1.165, 1.54) is 0 Å². The van der Waals surface area contributed by atoms with Crippen LogP contribution in [0.5, 0.6) is 0 Å². The van der Waals surface area contributed by atoms with Gasteiger partial charge in [-0.05, 0) is 17.9 Å². The fourth-order valence-corrected chi connectivity index (χ4v) is 1.48. The predicted molar refractivity (Wildman–Crippen MR) is 38.7 cm³/mol. The Hall–Kier alpha value is -0.860. The third kappa shape index (κ3) is 0.951. The molecule has 0 aromatic heterocycles. The van der Waals surface area contributed by atoms with Crippen LogP contribution in [0.1, 0.15) is 20.3 Å². The Bertz CT molecular complexity index is 220. The average molecular weight is 158 g/mol. The Morgan fingerprint density at radius 3 is 2.18 bits per heavy atom. The number of hydrogen-bond acceptors (Lipinski definition) is 1. The molecular weight excluding hydrogens is 147 g/mol. The molecule has 0 saturated heterocycles. The molecular formula is C8H11FO2. The van der Waals surface area contributed by atoms with Gasteiger partial charge < -0.3 is 5.11 Å². The van der Waals surface area contributed by atoms with Gasteiger partial charge in [0.25, 0.3) is 0 Å². The highest BCUT2D eigenvalue weighted by Crippen LogP contribution is 2.64. The van der Waals surface area contributed by atoms with E-state index in [0.717, 1.165) is 6.08 Å². The van der Waals surface area contributed by atoms with Crippen molar-refractivity contribution in [3.05, 3.63) is 12.4 Å². The standard InChI is InChI=1S/C8H11FO2/c1-7(2)5-8(7,3-4-9)6(10)11/h3-4H,5H2,1-2H3,(H,10,11)/b4-3+. The summed E-state index contributed by atoms with van der Waals surface area (Å²) in [5.41, 5.74) is -1.23. The number of carboxylic acids is 1. The second-order valence-corrected chi connectivity index (χ2v) is 3.63. The van der Waals surface area contributed by atoms with Gasteiger partial charge in [0.2, 0.25) is 0 Å². The number of hydrogen-bond donors (Lipinski definition) is 1. The van der Waals surface area contributed by atoms with Gasteiger partial charge in [0.05, 0.1) is 11.7 Å². The first kappa shape index (κ1) is 8.24. The van der Waals surface area contributed by atoms with E-state index in [1.807, 2.05) is 13.8 Å². The summed E-state index contributed by atoms with van der Waals surface area (Å²) in [5.74, 6) is -0.934. The lowest BCUT2D eigenvalue weighted by Crippen LogP contribution is -2.17. The number of rotatable bonds is 2. The van der Waals surface area contributed by atoms with Crippen LogP contribution in [0.4, 0.5) is 4.39 Å². The molecule has 1 fully saturated rings. The SMILES string of the molecule is CC1(C)CC1(/C=C/F)C(=O)O. The van der Waals surface area contributed by atoms with E-state index in [4.69, 9.17) is 5.11 Å². The van der Waals surface area contributed by atoms with Crippen molar-refractivity contribution in [3.63, 3.8) is 0 Å². The highest BCUT2D eigenvalue weighted by molar-refractivity contribution is 5.82. The molecule has 1 rings (SSSR count). The molecule has 1 N–H and O–H groups in total. The molecule has 0 aliphatic heterocycles. The van der Waals surface area contributed by atoms with Crippen LogP contribution in [0.3, 0.4) is 0 Å². The molecule has 11 heavy (non-hydrogen) atoms. The summed E-state index contributed by atoms with van der Waals surface area (Å²) in [6, 6.07) is 0. The summed E-state index contributed by atoms with van der Waals surface area (Å²) in [7, 11) is 0. The average Bonchev–Trinajstić information content (AvgIpc) is 2.36. The highest BCUT2D eigenvalue weighted by atomic mass is 19.1. The van der Waals surface area contributed by atoms with Gasteiger partial charge in [-0.2, -0.15) is 0 Å². The fraction of sp³-hybridized carbons (Fsp3) is 0.625. The minimum absolute atomic E-state index is 0.290. The van der Waals surface area contributed by atoms with Gasteiger partial charge in [0.1, 0.15) is 0 Å². The lowest BCUT2D eigenvalue weighted by Gasteiger charge is -2.08. The molecule has 0 heterocycles. The van der Waals surface area contributed by atoms with Crippen molar-refractivity contribution in [2.75, 3.05) is 0 Å². The summed E-state index contributed by atoms with van der Waals surface area (Å²) in [6.07, 6.45) is 1.98. The van der Waals surface area contributed by atoms with Crippen LogP contribution in [-0.4, -0.2) is 11.1 Å². The van der Waals surface area contributed by atoms with Gasteiger partial charge in [-0.15, -0.1) is 0 Å². The lowest BCUT2D eigenvalue weighted by atomic mass is 9.96.